The van der Waals surface area contributed by atoms with Gasteiger partial charge in [0.25, 0.3) is 0 Å². The number of amides is 1. The molecule has 0 saturated carbocycles. The van der Waals surface area contributed by atoms with Crippen LogP contribution in [0.4, 0.5) is 0 Å². The van der Waals surface area contributed by atoms with E-state index in [1.165, 1.54) is 5.56 Å². The number of carbonyl (C=O) groups is 1. The average molecular weight is 325 g/mol. The van der Waals surface area contributed by atoms with E-state index in [9.17, 15) is 4.79 Å². The van der Waals surface area contributed by atoms with Crippen LogP contribution in [-0.2, 0) is 17.8 Å². The molecule has 3 heterocycles. The van der Waals surface area contributed by atoms with E-state index >= 15 is 0 Å². The van der Waals surface area contributed by atoms with E-state index in [2.05, 4.69) is 44.3 Å². The Bertz CT molecular complexity index is 720. The normalized spacial score (nSPS) is 23.3. The molecule has 2 aliphatic rings. The van der Waals surface area contributed by atoms with E-state index in [4.69, 9.17) is 0 Å². The van der Waals surface area contributed by atoms with Gasteiger partial charge in [0, 0.05) is 6.54 Å². The molecule has 4 rings (SSSR count). The van der Waals surface area contributed by atoms with Gasteiger partial charge in [-0.15, -0.1) is 10.2 Å². The van der Waals surface area contributed by atoms with Gasteiger partial charge in [-0.3, -0.25) is 4.79 Å². The van der Waals surface area contributed by atoms with E-state index in [0.29, 0.717) is 6.54 Å². The Hall–Kier alpha value is -2.21. The third-order valence-electron chi connectivity index (χ3n) is 5.05. The summed E-state index contributed by atoms with van der Waals surface area (Å²) in [6.07, 6.45) is 2.89. The topological polar surface area (TPSA) is 63.1 Å². The van der Waals surface area contributed by atoms with Crippen LogP contribution in [0.2, 0.25) is 0 Å². The summed E-state index contributed by atoms with van der Waals surface area (Å²) < 4.78 is 2.21. The first-order valence-electron chi connectivity index (χ1n) is 8.69. The third-order valence-corrected chi connectivity index (χ3v) is 5.05. The van der Waals surface area contributed by atoms with Crippen LogP contribution in [0, 0.1) is 6.92 Å². The first kappa shape index (κ1) is 15.3. The van der Waals surface area contributed by atoms with Crippen molar-refractivity contribution in [2.24, 2.45) is 0 Å². The largest absolute Gasteiger partial charge is 0.332 e. The number of aromatic nitrogens is 3. The smallest absolute Gasteiger partial charge is 0.240 e. The van der Waals surface area contributed by atoms with Crippen LogP contribution >= 0.6 is 0 Å². The quantitative estimate of drug-likeness (QED) is 0.928. The summed E-state index contributed by atoms with van der Waals surface area (Å²) in [7, 11) is 0. The van der Waals surface area contributed by atoms with Crippen molar-refractivity contribution in [3.63, 3.8) is 0 Å². The molecule has 2 aliphatic heterocycles. The number of fused-ring (bicyclic) bond motifs is 1. The van der Waals surface area contributed by atoms with Gasteiger partial charge in [-0.05, 0) is 38.3 Å². The van der Waals surface area contributed by atoms with Gasteiger partial charge in [0.1, 0.15) is 5.82 Å². The molecule has 0 unspecified atom stereocenters. The lowest BCUT2D eigenvalue weighted by Crippen LogP contribution is -2.48. The minimum Gasteiger partial charge on any atom is -0.332 e. The second-order valence-electron chi connectivity index (χ2n) is 6.74. The summed E-state index contributed by atoms with van der Waals surface area (Å²) in [5.74, 6) is 2.03. The molecule has 2 aromatic rings. The maximum Gasteiger partial charge on any atom is 0.240 e. The minimum absolute atomic E-state index is 0.0297. The van der Waals surface area contributed by atoms with Crippen molar-refractivity contribution in [1.82, 2.24) is 25.0 Å². The molecule has 6 nitrogen and oxygen atoms in total. The highest BCUT2D eigenvalue weighted by Gasteiger charge is 2.34. The Morgan fingerprint density at radius 1 is 1.29 bits per heavy atom. The molecular weight excluding hydrogens is 302 g/mol. The summed E-state index contributed by atoms with van der Waals surface area (Å²) in [5, 5.41) is 11.9. The average Bonchev–Trinajstić information content (AvgIpc) is 3.25. The number of benzene rings is 1. The predicted octanol–water partition coefficient (Wildman–Crippen LogP) is 1.46. The lowest BCUT2D eigenvalue weighted by Gasteiger charge is -2.35. The highest BCUT2D eigenvalue weighted by Crippen LogP contribution is 2.26. The van der Waals surface area contributed by atoms with Crippen LogP contribution < -0.4 is 5.32 Å². The molecule has 24 heavy (non-hydrogen) atoms. The fraction of sp³-hybridized carbons (Fsp3) is 0.500. The van der Waals surface area contributed by atoms with Crippen molar-refractivity contribution < 1.29 is 4.79 Å². The summed E-state index contributed by atoms with van der Waals surface area (Å²) in [6, 6.07) is 10.6. The van der Waals surface area contributed by atoms with Crippen molar-refractivity contribution in [2.75, 3.05) is 13.1 Å². The van der Waals surface area contributed by atoms with E-state index in [-0.39, 0.29) is 18.0 Å². The van der Waals surface area contributed by atoms with Crippen LogP contribution in [0.5, 0.6) is 0 Å². The zero-order valence-corrected chi connectivity index (χ0v) is 14.0. The number of hydrogen-bond donors (Lipinski definition) is 1. The van der Waals surface area contributed by atoms with Crippen molar-refractivity contribution in [3.05, 3.63) is 47.5 Å². The summed E-state index contributed by atoms with van der Waals surface area (Å²) in [4.78, 5) is 14.8. The molecule has 6 heteroatoms. The Balaban J connectivity index is 1.59. The fourth-order valence-corrected chi connectivity index (χ4v) is 3.89. The molecule has 2 atom stereocenters. The predicted molar refractivity (Wildman–Crippen MR) is 90.4 cm³/mol. The van der Waals surface area contributed by atoms with Crippen LogP contribution in [0.1, 0.15) is 36.1 Å². The molecule has 1 fully saturated rings. The van der Waals surface area contributed by atoms with Crippen LogP contribution in [0.15, 0.2) is 30.3 Å². The highest BCUT2D eigenvalue weighted by molar-refractivity contribution is 5.82. The maximum absolute atomic E-state index is 12.8. The molecule has 1 N–H and O–H groups in total. The molecule has 0 radical (unpaired) electrons. The van der Waals surface area contributed by atoms with Crippen LogP contribution in [-0.4, -0.2) is 44.7 Å². The Kier molecular flexibility index (Phi) is 4.06. The molecule has 0 bridgehead atoms. The molecule has 0 spiro atoms. The number of hydrogen-bond acceptors (Lipinski definition) is 4. The zero-order chi connectivity index (χ0) is 16.5. The van der Waals surface area contributed by atoms with Gasteiger partial charge in [-0.2, -0.15) is 0 Å². The van der Waals surface area contributed by atoms with Crippen molar-refractivity contribution in [2.45, 2.75) is 44.8 Å². The van der Waals surface area contributed by atoms with Gasteiger partial charge in [0.2, 0.25) is 5.91 Å². The van der Waals surface area contributed by atoms with Crippen LogP contribution in [0.3, 0.4) is 0 Å². The SMILES string of the molecule is Cc1nnc2n1[C@H](Cc1ccccc1)CN(C(=O)[C@H]1CCCN1)C2. The van der Waals surface area contributed by atoms with E-state index in [1.54, 1.807) is 0 Å². The van der Waals surface area contributed by atoms with E-state index < -0.39 is 0 Å². The first-order valence-corrected chi connectivity index (χ1v) is 8.69. The molecule has 0 aliphatic carbocycles. The van der Waals surface area contributed by atoms with Gasteiger partial charge in [0.05, 0.1) is 18.6 Å². The number of aryl methyl sites for hydroxylation is 1. The van der Waals surface area contributed by atoms with Crippen molar-refractivity contribution in [3.8, 4) is 0 Å². The number of rotatable bonds is 3. The number of carbonyl (C=O) groups excluding carboxylic acids is 1. The molecule has 1 amide bonds. The molecule has 1 saturated heterocycles. The molecular formula is C18H23N5O. The lowest BCUT2D eigenvalue weighted by atomic mass is 10.0. The van der Waals surface area contributed by atoms with E-state index in [1.807, 2.05) is 17.9 Å². The highest BCUT2D eigenvalue weighted by atomic mass is 16.2. The van der Waals surface area contributed by atoms with Gasteiger partial charge in [-0.1, -0.05) is 30.3 Å². The summed E-state index contributed by atoms with van der Waals surface area (Å²) >= 11 is 0. The van der Waals surface area contributed by atoms with Crippen molar-refractivity contribution in [1.29, 1.82) is 0 Å². The second kappa shape index (κ2) is 6.36. The first-order chi connectivity index (χ1) is 11.7. The maximum atomic E-state index is 12.8. The van der Waals surface area contributed by atoms with Crippen LogP contribution in [0.25, 0.3) is 0 Å². The zero-order valence-electron chi connectivity index (χ0n) is 14.0. The van der Waals surface area contributed by atoms with Gasteiger partial charge in [0.15, 0.2) is 5.82 Å². The summed E-state index contributed by atoms with van der Waals surface area (Å²) in [6.45, 7) is 4.21. The minimum atomic E-state index is -0.0297. The Labute approximate surface area is 141 Å². The molecule has 126 valence electrons. The van der Waals surface area contributed by atoms with Gasteiger partial charge < -0.3 is 14.8 Å². The third kappa shape index (κ3) is 2.82. The fourth-order valence-electron chi connectivity index (χ4n) is 3.89. The molecule has 1 aromatic heterocycles. The Morgan fingerprint density at radius 3 is 2.88 bits per heavy atom. The summed E-state index contributed by atoms with van der Waals surface area (Å²) in [5.41, 5.74) is 1.27. The number of nitrogens with zero attached hydrogens (tertiary/aromatic N) is 4. The van der Waals surface area contributed by atoms with Gasteiger partial charge >= 0.3 is 0 Å². The lowest BCUT2D eigenvalue weighted by molar-refractivity contribution is -0.135. The standard InChI is InChI=1S/C18H23N5O/c1-13-20-21-17-12-22(18(24)16-8-5-9-19-16)11-15(23(13)17)10-14-6-3-2-4-7-14/h2-4,6-7,15-16,19H,5,8-12H2,1H3/t15-,16-/m1/s1. The Morgan fingerprint density at radius 2 is 2.12 bits per heavy atom. The van der Waals surface area contributed by atoms with E-state index in [0.717, 1.165) is 44.0 Å². The monoisotopic (exact) mass is 325 g/mol. The number of nitrogens with one attached hydrogen (secondary N) is 1. The second-order valence-corrected chi connectivity index (χ2v) is 6.74. The van der Waals surface area contributed by atoms with Crippen molar-refractivity contribution >= 4 is 5.91 Å². The van der Waals surface area contributed by atoms with Gasteiger partial charge in [-0.25, -0.2) is 0 Å². The molecule has 1 aromatic carbocycles.